The van der Waals surface area contributed by atoms with Crippen LogP contribution < -0.4 is 11.1 Å². The summed E-state index contributed by atoms with van der Waals surface area (Å²) in [4.78, 5) is 26.0. The summed E-state index contributed by atoms with van der Waals surface area (Å²) in [6.45, 7) is 1.18. The number of nitrogens with zero attached hydrogens (tertiary/aromatic N) is 1. The minimum Gasteiger partial charge on any atom is -0.381 e. The van der Waals surface area contributed by atoms with Gasteiger partial charge in [0.1, 0.15) is 0 Å². The van der Waals surface area contributed by atoms with Crippen molar-refractivity contribution in [2.75, 3.05) is 18.4 Å². The normalized spacial score (nSPS) is 13.3. The lowest BCUT2D eigenvalue weighted by atomic mass is 10.1. The summed E-state index contributed by atoms with van der Waals surface area (Å²) in [6, 6.07) is 10.4. The molecule has 0 atom stereocenters. The molecular weight excluding hydrogens is 361 g/mol. The topological polar surface area (TPSA) is 75.4 Å². The Bertz CT molecular complexity index is 819. The Hall–Kier alpha value is -2.08. The van der Waals surface area contributed by atoms with E-state index >= 15 is 0 Å². The number of amides is 2. The molecule has 0 spiro atoms. The first-order valence-electron chi connectivity index (χ1n) is 7.90. The number of hydrogen-bond acceptors (Lipinski definition) is 4. The van der Waals surface area contributed by atoms with E-state index in [1.165, 1.54) is 4.90 Å². The van der Waals surface area contributed by atoms with Crippen LogP contribution in [0.3, 0.4) is 0 Å². The smallest absolute Gasteiger partial charge is 0.261 e. The number of fused-ring (bicyclic) bond motifs is 1. The number of nitrogens with one attached hydrogen (secondary N) is 1. The van der Waals surface area contributed by atoms with Gasteiger partial charge in [0.15, 0.2) is 0 Å². The Kier molecular flexibility index (Phi) is 5.27. The molecule has 3 rings (SSSR count). The fraction of sp³-hybridized carbons (Fsp3) is 0.222. The number of benzene rings is 2. The van der Waals surface area contributed by atoms with Crippen molar-refractivity contribution in [1.29, 1.82) is 0 Å². The van der Waals surface area contributed by atoms with E-state index in [2.05, 4.69) is 5.32 Å². The van der Waals surface area contributed by atoms with Crippen molar-refractivity contribution in [3.8, 4) is 0 Å². The average Bonchev–Trinajstić information content (AvgIpc) is 2.83. The molecule has 1 aliphatic heterocycles. The van der Waals surface area contributed by atoms with E-state index in [-0.39, 0.29) is 11.8 Å². The van der Waals surface area contributed by atoms with Gasteiger partial charge in [-0.1, -0.05) is 29.3 Å². The standard InChI is InChI=1S/C18H17Cl2N3O2/c19-15-3-1-4-16(20)14(15)10-22-11-5-6-12-13(9-11)18(25)23(17(12)24)8-2-7-21/h1,3-6,9,22H,2,7-8,10,21H2. The van der Waals surface area contributed by atoms with Crippen LogP contribution >= 0.6 is 23.2 Å². The molecule has 0 saturated heterocycles. The summed E-state index contributed by atoms with van der Waals surface area (Å²) in [5.41, 5.74) is 7.78. The second-order valence-corrected chi connectivity index (χ2v) is 6.53. The molecule has 2 amide bonds. The van der Waals surface area contributed by atoms with Crippen LogP contribution in [0.1, 0.15) is 32.7 Å². The Morgan fingerprint density at radius 2 is 1.68 bits per heavy atom. The highest BCUT2D eigenvalue weighted by atomic mass is 35.5. The van der Waals surface area contributed by atoms with Crippen molar-refractivity contribution >= 4 is 40.7 Å². The Morgan fingerprint density at radius 3 is 2.36 bits per heavy atom. The van der Waals surface area contributed by atoms with Gasteiger partial charge in [0, 0.05) is 34.4 Å². The number of carbonyl (C=O) groups is 2. The van der Waals surface area contributed by atoms with E-state index in [0.717, 1.165) is 11.3 Å². The van der Waals surface area contributed by atoms with E-state index in [4.69, 9.17) is 28.9 Å². The van der Waals surface area contributed by atoms with Crippen LogP contribution in [0.4, 0.5) is 5.69 Å². The van der Waals surface area contributed by atoms with Gasteiger partial charge in [-0.3, -0.25) is 14.5 Å². The molecule has 5 nitrogen and oxygen atoms in total. The van der Waals surface area contributed by atoms with Crippen LogP contribution in [0.15, 0.2) is 36.4 Å². The van der Waals surface area contributed by atoms with Crippen LogP contribution in [0.5, 0.6) is 0 Å². The quantitative estimate of drug-likeness (QED) is 0.754. The fourth-order valence-corrected chi connectivity index (χ4v) is 3.28. The Balaban J connectivity index is 1.78. The zero-order chi connectivity index (χ0) is 18.0. The van der Waals surface area contributed by atoms with Gasteiger partial charge in [-0.05, 0) is 43.3 Å². The molecule has 1 heterocycles. The van der Waals surface area contributed by atoms with Gasteiger partial charge in [-0.2, -0.15) is 0 Å². The predicted octanol–water partition coefficient (Wildman–Crippen LogP) is 3.55. The molecule has 0 bridgehead atoms. The van der Waals surface area contributed by atoms with E-state index in [0.29, 0.717) is 47.2 Å². The fourth-order valence-electron chi connectivity index (χ4n) is 2.74. The summed E-state index contributed by atoms with van der Waals surface area (Å²) >= 11 is 12.3. The zero-order valence-corrected chi connectivity index (χ0v) is 14.9. The molecule has 7 heteroatoms. The lowest BCUT2D eigenvalue weighted by molar-refractivity contribution is 0.0653. The summed E-state index contributed by atoms with van der Waals surface area (Å²) in [7, 11) is 0. The van der Waals surface area contributed by atoms with Crippen molar-refractivity contribution in [1.82, 2.24) is 4.90 Å². The second-order valence-electron chi connectivity index (χ2n) is 5.72. The molecule has 2 aromatic carbocycles. The summed E-state index contributed by atoms with van der Waals surface area (Å²) in [6.07, 6.45) is 0.585. The monoisotopic (exact) mass is 377 g/mol. The predicted molar refractivity (Wildman–Crippen MR) is 99.3 cm³/mol. The highest BCUT2D eigenvalue weighted by molar-refractivity contribution is 6.36. The molecule has 0 aliphatic carbocycles. The number of rotatable bonds is 6. The summed E-state index contributed by atoms with van der Waals surface area (Å²) in [5.74, 6) is -0.554. The molecule has 25 heavy (non-hydrogen) atoms. The maximum atomic E-state index is 12.4. The molecule has 2 aromatic rings. The average molecular weight is 378 g/mol. The van der Waals surface area contributed by atoms with E-state index in [1.54, 1.807) is 36.4 Å². The Labute approximate surface area is 155 Å². The minimum absolute atomic E-state index is 0.269. The van der Waals surface area contributed by atoms with E-state index < -0.39 is 0 Å². The number of nitrogens with two attached hydrogens (primary N) is 1. The van der Waals surface area contributed by atoms with Gasteiger partial charge in [0.05, 0.1) is 11.1 Å². The van der Waals surface area contributed by atoms with Crippen LogP contribution in [-0.4, -0.2) is 29.8 Å². The minimum atomic E-state index is -0.284. The molecule has 3 N–H and O–H groups in total. The van der Waals surface area contributed by atoms with Crippen molar-refractivity contribution in [2.45, 2.75) is 13.0 Å². The molecule has 0 saturated carbocycles. The van der Waals surface area contributed by atoms with Crippen molar-refractivity contribution in [3.63, 3.8) is 0 Å². The van der Waals surface area contributed by atoms with Gasteiger partial charge in [0.25, 0.3) is 11.8 Å². The van der Waals surface area contributed by atoms with E-state index in [1.807, 2.05) is 0 Å². The maximum Gasteiger partial charge on any atom is 0.261 e. The van der Waals surface area contributed by atoms with Gasteiger partial charge in [0.2, 0.25) is 0 Å². The largest absolute Gasteiger partial charge is 0.381 e. The van der Waals surface area contributed by atoms with Crippen molar-refractivity contribution in [3.05, 3.63) is 63.1 Å². The number of anilines is 1. The zero-order valence-electron chi connectivity index (χ0n) is 13.4. The summed E-state index contributed by atoms with van der Waals surface area (Å²) in [5, 5.41) is 4.33. The second kappa shape index (κ2) is 7.44. The van der Waals surface area contributed by atoms with Crippen LogP contribution in [0, 0.1) is 0 Å². The molecule has 130 valence electrons. The number of carbonyl (C=O) groups excluding carboxylic acids is 2. The SMILES string of the molecule is NCCCN1C(=O)c2ccc(NCc3c(Cl)cccc3Cl)cc2C1=O. The third-order valence-electron chi connectivity index (χ3n) is 4.09. The summed E-state index contributed by atoms with van der Waals surface area (Å²) < 4.78 is 0. The van der Waals surface area contributed by atoms with Crippen LogP contribution in [0.2, 0.25) is 10.0 Å². The van der Waals surface area contributed by atoms with E-state index in [9.17, 15) is 9.59 Å². The number of hydrogen-bond donors (Lipinski definition) is 2. The first kappa shape index (κ1) is 17.7. The molecule has 0 aromatic heterocycles. The molecular formula is C18H17Cl2N3O2. The number of halogens is 2. The highest BCUT2D eigenvalue weighted by Crippen LogP contribution is 2.28. The first-order valence-corrected chi connectivity index (χ1v) is 8.65. The number of imide groups is 1. The van der Waals surface area contributed by atoms with Gasteiger partial charge in [-0.15, -0.1) is 0 Å². The molecule has 0 fully saturated rings. The highest BCUT2D eigenvalue weighted by Gasteiger charge is 2.35. The molecule has 1 aliphatic rings. The van der Waals surface area contributed by atoms with Crippen molar-refractivity contribution in [2.24, 2.45) is 5.73 Å². The molecule has 0 unspecified atom stereocenters. The lowest BCUT2D eigenvalue weighted by Crippen LogP contribution is -2.31. The third kappa shape index (κ3) is 3.49. The molecule has 0 radical (unpaired) electrons. The van der Waals surface area contributed by atoms with Crippen LogP contribution in [0.25, 0.3) is 0 Å². The first-order chi connectivity index (χ1) is 12.0. The van der Waals surface area contributed by atoms with Crippen molar-refractivity contribution < 1.29 is 9.59 Å². The third-order valence-corrected chi connectivity index (χ3v) is 4.80. The lowest BCUT2D eigenvalue weighted by Gasteiger charge is -2.12. The Morgan fingerprint density at radius 1 is 1.00 bits per heavy atom. The van der Waals surface area contributed by atoms with Crippen LogP contribution in [-0.2, 0) is 6.54 Å². The maximum absolute atomic E-state index is 12.4. The van der Waals surface area contributed by atoms with Gasteiger partial charge in [-0.25, -0.2) is 0 Å². The van der Waals surface area contributed by atoms with Gasteiger partial charge >= 0.3 is 0 Å². The van der Waals surface area contributed by atoms with Gasteiger partial charge < -0.3 is 11.1 Å².